The number of aromatic nitrogens is 8. The van der Waals surface area contributed by atoms with Crippen LogP contribution in [0.4, 0.5) is 11.6 Å². The fourth-order valence-electron chi connectivity index (χ4n) is 5.83. The summed E-state index contributed by atoms with van der Waals surface area (Å²) >= 11 is 0. The molecule has 0 radical (unpaired) electrons. The molecule has 262 valence electrons. The normalized spacial score (nSPS) is 10.9. The molecule has 0 aliphatic heterocycles. The number of hydrogen-bond acceptors (Lipinski definition) is 10. The molecule has 0 atom stereocenters. The van der Waals surface area contributed by atoms with Gasteiger partial charge in [0.15, 0.2) is 11.3 Å². The number of pyridine rings is 2. The van der Waals surface area contributed by atoms with Crippen LogP contribution in [-0.4, -0.2) is 58.2 Å². The van der Waals surface area contributed by atoms with E-state index in [4.69, 9.17) is 15.2 Å². The zero-order valence-corrected chi connectivity index (χ0v) is 29.5. The molecule has 0 aliphatic rings. The van der Waals surface area contributed by atoms with Crippen LogP contribution in [0.25, 0.3) is 33.8 Å². The quantitative estimate of drug-likeness (QED) is 0.146. The van der Waals surface area contributed by atoms with E-state index < -0.39 is 0 Å². The van der Waals surface area contributed by atoms with Gasteiger partial charge in [0, 0.05) is 78.8 Å². The Kier molecular flexibility index (Phi) is 10.6. The second-order valence-electron chi connectivity index (χ2n) is 12.6. The van der Waals surface area contributed by atoms with Crippen molar-refractivity contribution in [3.05, 3.63) is 156 Å². The van der Waals surface area contributed by atoms with Gasteiger partial charge >= 0.3 is 0 Å². The van der Waals surface area contributed by atoms with Gasteiger partial charge in [0.25, 0.3) is 0 Å². The summed E-state index contributed by atoms with van der Waals surface area (Å²) in [7, 11) is 4.10. The van der Waals surface area contributed by atoms with Gasteiger partial charge in [-0.05, 0) is 37.4 Å². The zero-order chi connectivity index (χ0) is 36.4. The molecular weight excluding hydrogens is 661 g/mol. The molecule has 6 heterocycles. The third kappa shape index (κ3) is 8.33. The third-order valence-electron chi connectivity index (χ3n) is 8.38. The van der Waals surface area contributed by atoms with Crippen molar-refractivity contribution in [1.82, 2.24) is 44.1 Å². The van der Waals surface area contributed by atoms with Crippen molar-refractivity contribution < 1.29 is 0 Å². The van der Waals surface area contributed by atoms with Gasteiger partial charge in [-0.2, -0.15) is 24.5 Å². The summed E-state index contributed by atoms with van der Waals surface area (Å²) in [6.45, 7) is 2.08. The molecule has 0 aliphatic carbocycles. The zero-order valence-electron chi connectivity index (χ0n) is 29.5. The molecule has 12 nitrogen and oxygen atoms in total. The van der Waals surface area contributed by atoms with Crippen LogP contribution in [-0.2, 0) is 26.1 Å². The lowest BCUT2D eigenvalue weighted by Gasteiger charge is -2.12. The molecular formula is C41H38N12. The molecule has 8 aromatic rings. The molecule has 0 unspecified atom stereocenters. The summed E-state index contributed by atoms with van der Waals surface area (Å²) in [6, 6.07) is 34.3. The maximum absolute atomic E-state index is 9.07. The van der Waals surface area contributed by atoms with Crippen LogP contribution < -0.4 is 10.6 Å². The smallest absolute Gasteiger partial charge is 0.162 e. The Morgan fingerprint density at radius 2 is 1.11 bits per heavy atom. The number of hydrogen-bond donors (Lipinski definition) is 2. The van der Waals surface area contributed by atoms with Gasteiger partial charge in [0.1, 0.15) is 11.6 Å². The van der Waals surface area contributed by atoms with E-state index in [1.165, 1.54) is 0 Å². The van der Waals surface area contributed by atoms with E-state index >= 15 is 0 Å². The van der Waals surface area contributed by atoms with Gasteiger partial charge in [-0.15, -0.1) is 0 Å². The molecule has 0 fully saturated rings. The van der Waals surface area contributed by atoms with E-state index in [-0.39, 0.29) is 6.42 Å². The van der Waals surface area contributed by atoms with Gasteiger partial charge in [-0.3, -0.25) is 9.97 Å². The van der Waals surface area contributed by atoms with Crippen molar-refractivity contribution >= 4 is 22.9 Å². The van der Waals surface area contributed by atoms with Crippen LogP contribution in [0.3, 0.4) is 0 Å². The Hall–Kier alpha value is -6.97. The molecule has 0 saturated carbocycles. The highest BCUT2D eigenvalue weighted by molar-refractivity contribution is 5.69. The number of fused-ring (bicyclic) bond motifs is 2. The summed E-state index contributed by atoms with van der Waals surface area (Å²) in [5, 5.41) is 24.9. The van der Waals surface area contributed by atoms with Crippen LogP contribution in [0.5, 0.6) is 0 Å². The number of anilines is 2. The van der Waals surface area contributed by atoms with Gasteiger partial charge in [0.2, 0.25) is 0 Å². The number of nitrogens with one attached hydrogen (secondary N) is 2. The molecule has 2 N–H and O–H groups in total. The van der Waals surface area contributed by atoms with E-state index in [9.17, 15) is 0 Å². The fraction of sp³-hybridized carbons (Fsp3) is 0.146. The maximum atomic E-state index is 9.07. The molecule has 0 amide bonds. The average Bonchev–Trinajstić information content (AvgIpc) is 3.81. The Morgan fingerprint density at radius 3 is 1.57 bits per heavy atom. The van der Waals surface area contributed by atoms with Crippen LogP contribution >= 0.6 is 0 Å². The van der Waals surface area contributed by atoms with E-state index in [1.54, 1.807) is 23.1 Å². The van der Waals surface area contributed by atoms with Crippen molar-refractivity contribution in [2.45, 2.75) is 26.1 Å². The molecule has 0 saturated heterocycles. The Balaban J connectivity index is 0.000000164. The predicted octanol–water partition coefficient (Wildman–Crippen LogP) is 6.93. The average molecular weight is 699 g/mol. The van der Waals surface area contributed by atoms with Gasteiger partial charge < -0.3 is 15.5 Å². The maximum Gasteiger partial charge on any atom is 0.162 e. The minimum absolute atomic E-state index is 0.275. The Bertz CT molecular complexity index is 2440. The first-order valence-electron chi connectivity index (χ1n) is 17.2. The van der Waals surface area contributed by atoms with Gasteiger partial charge in [-0.25, -0.2) is 9.97 Å². The lowest BCUT2D eigenvalue weighted by Crippen LogP contribution is -2.11. The van der Waals surface area contributed by atoms with E-state index in [0.29, 0.717) is 18.7 Å². The van der Waals surface area contributed by atoms with Crippen molar-refractivity contribution in [2.75, 3.05) is 24.7 Å². The lowest BCUT2D eigenvalue weighted by atomic mass is 10.1. The van der Waals surface area contributed by atoms with Gasteiger partial charge in [0.05, 0.1) is 36.3 Å². The molecule has 0 bridgehead atoms. The number of rotatable bonds is 11. The fourth-order valence-corrected chi connectivity index (χ4v) is 5.83. The van der Waals surface area contributed by atoms with Crippen molar-refractivity contribution in [3.63, 3.8) is 0 Å². The number of nitriles is 1. The van der Waals surface area contributed by atoms with Crippen LogP contribution in [0.2, 0.25) is 0 Å². The van der Waals surface area contributed by atoms with E-state index in [2.05, 4.69) is 60.0 Å². The van der Waals surface area contributed by atoms with Crippen LogP contribution in [0, 0.1) is 11.3 Å². The van der Waals surface area contributed by atoms with E-state index in [1.807, 2.05) is 116 Å². The minimum atomic E-state index is 0.275. The summed E-state index contributed by atoms with van der Waals surface area (Å²) in [5.41, 5.74) is 9.54. The molecule has 2 aromatic carbocycles. The summed E-state index contributed by atoms with van der Waals surface area (Å²) in [5.74, 6) is 1.73. The highest BCUT2D eigenvalue weighted by Crippen LogP contribution is 2.26. The first-order chi connectivity index (χ1) is 26.1. The molecule has 8 rings (SSSR count). The first-order valence-corrected chi connectivity index (χ1v) is 17.2. The SMILES string of the molecule is CN(C)Cc1cnn2c(NCc3cccnc3)cc(-c3ccccc3)nc12.N#CCc1cnn2c(NCc3cccnc3)cc(-c3ccccc3)nc12. The van der Waals surface area contributed by atoms with Gasteiger partial charge in [-0.1, -0.05) is 72.8 Å². The van der Waals surface area contributed by atoms with Crippen LogP contribution in [0.1, 0.15) is 22.3 Å². The molecule has 6 aromatic heterocycles. The van der Waals surface area contributed by atoms with Crippen molar-refractivity contribution in [1.29, 1.82) is 5.26 Å². The largest absolute Gasteiger partial charge is 0.366 e. The number of nitrogens with zero attached hydrogens (tertiary/aromatic N) is 10. The topological polar surface area (TPSA) is 137 Å². The third-order valence-corrected chi connectivity index (χ3v) is 8.38. The standard InChI is InChI=1S/C21H22N6.C20H16N6/c1-26(2)15-18-14-24-27-20(23-13-16-7-6-10-22-12-16)11-19(25-21(18)27)17-8-4-3-5-9-17;21-9-8-17-14-24-26-19(23-13-15-5-4-10-22-12-15)11-18(25-20(17)26)16-6-2-1-3-7-16/h3-12,14,23H,13,15H2,1-2H3;1-7,10-12,14,23H,8,13H2. The molecule has 12 heteroatoms. The predicted molar refractivity (Wildman–Crippen MR) is 207 cm³/mol. The summed E-state index contributed by atoms with van der Waals surface area (Å²) in [6.07, 6.45) is 11.1. The van der Waals surface area contributed by atoms with Crippen molar-refractivity contribution in [2.24, 2.45) is 0 Å². The minimum Gasteiger partial charge on any atom is -0.366 e. The highest BCUT2D eigenvalue weighted by Gasteiger charge is 2.15. The highest BCUT2D eigenvalue weighted by atomic mass is 15.3. The van der Waals surface area contributed by atoms with Crippen molar-refractivity contribution in [3.8, 4) is 28.6 Å². The Labute approximate surface area is 307 Å². The second-order valence-corrected chi connectivity index (χ2v) is 12.6. The first kappa shape index (κ1) is 34.5. The van der Waals surface area contributed by atoms with E-state index in [0.717, 1.165) is 68.6 Å². The summed E-state index contributed by atoms with van der Waals surface area (Å²) < 4.78 is 3.62. The number of benzene rings is 2. The second kappa shape index (κ2) is 16.4. The monoisotopic (exact) mass is 698 g/mol. The molecule has 0 spiro atoms. The Morgan fingerprint density at radius 1 is 0.623 bits per heavy atom. The molecule has 53 heavy (non-hydrogen) atoms. The summed E-state index contributed by atoms with van der Waals surface area (Å²) in [4.78, 5) is 20.1. The van der Waals surface area contributed by atoms with Crippen LogP contribution in [0.15, 0.2) is 134 Å². The lowest BCUT2D eigenvalue weighted by molar-refractivity contribution is 0.404.